The number of nitriles is 1. The average molecular weight is 522 g/mol. The molecule has 2 heterocycles. The normalized spacial score (nSPS) is 11.9. The van der Waals surface area contributed by atoms with Gasteiger partial charge in [0.2, 0.25) is 19.3 Å². The van der Waals surface area contributed by atoms with Crippen LogP contribution in [0.4, 0.5) is 5.13 Å². The quantitative estimate of drug-likeness (QED) is 0.210. The molecule has 1 amide bonds. The standard InChI is InChI=1S/C25H23N5O4S2/c1-16-8-9-17(2)22(12-16)34-11-10-30-15-19(20-6-4-5-7-21(20)30)13-18(14-26)23(31)27-24-28-29-25(35-24)36(3,32)33/h4-9,12-13,15H,10-11H2,1-3H3,(H,27,28,31)/b18-13-. The molecule has 9 nitrogen and oxygen atoms in total. The van der Waals surface area contributed by atoms with E-state index in [0.29, 0.717) is 18.7 Å². The van der Waals surface area contributed by atoms with Crippen molar-refractivity contribution in [2.24, 2.45) is 0 Å². The van der Waals surface area contributed by atoms with Gasteiger partial charge in [-0.2, -0.15) is 5.26 Å². The minimum atomic E-state index is -3.54. The summed E-state index contributed by atoms with van der Waals surface area (Å²) in [6, 6.07) is 15.7. The zero-order valence-electron chi connectivity index (χ0n) is 19.8. The van der Waals surface area contributed by atoms with Crippen LogP contribution >= 0.6 is 11.3 Å². The monoisotopic (exact) mass is 521 g/mol. The highest BCUT2D eigenvalue weighted by atomic mass is 32.2. The van der Waals surface area contributed by atoms with Crippen LogP contribution in [0, 0.1) is 25.2 Å². The fourth-order valence-corrected chi connectivity index (χ4v) is 5.07. The summed E-state index contributed by atoms with van der Waals surface area (Å²) in [4.78, 5) is 12.7. The Labute approximate surface area is 212 Å². The SMILES string of the molecule is Cc1ccc(C)c(OCCn2cc(/C=C(/C#N)C(=O)Nc3nnc(S(C)(=O)=O)s3)c3ccccc32)c1. The van der Waals surface area contributed by atoms with Gasteiger partial charge in [0.05, 0.1) is 6.54 Å². The van der Waals surface area contributed by atoms with Crippen molar-refractivity contribution in [2.45, 2.75) is 24.7 Å². The predicted molar refractivity (Wildman–Crippen MR) is 139 cm³/mol. The second kappa shape index (κ2) is 10.3. The van der Waals surface area contributed by atoms with Crippen molar-refractivity contribution in [1.82, 2.24) is 14.8 Å². The van der Waals surface area contributed by atoms with Crippen LogP contribution in [0.25, 0.3) is 17.0 Å². The summed E-state index contributed by atoms with van der Waals surface area (Å²) >= 11 is 0.721. The van der Waals surface area contributed by atoms with Gasteiger partial charge >= 0.3 is 0 Å². The zero-order valence-corrected chi connectivity index (χ0v) is 21.5. The second-order valence-corrected chi connectivity index (χ2v) is 11.3. The minimum Gasteiger partial charge on any atom is -0.491 e. The van der Waals surface area contributed by atoms with Gasteiger partial charge in [0.15, 0.2) is 0 Å². The molecule has 4 aromatic rings. The van der Waals surface area contributed by atoms with Gasteiger partial charge < -0.3 is 9.30 Å². The first-order valence-electron chi connectivity index (χ1n) is 10.9. The number of sulfone groups is 1. The molecule has 0 spiro atoms. The van der Waals surface area contributed by atoms with Crippen LogP contribution < -0.4 is 10.1 Å². The summed E-state index contributed by atoms with van der Waals surface area (Å²) in [5.41, 5.74) is 3.66. The van der Waals surface area contributed by atoms with E-state index in [1.165, 1.54) is 6.08 Å². The molecule has 36 heavy (non-hydrogen) atoms. The van der Waals surface area contributed by atoms with Gasteiger partial charge in [0, 0.05) is 28.9 Å². The van der Waals surface area contributed by atoms with E-state index < -0.39 is 15.7 Å². The van der Waals surface area contributed by atoms with E-state index in [-0.39, 0.29) is 15.0 Å². The van der Waals surface area contributed by atoms with Crippen molar-refractivity contribution in [3.8, 4) is 11.8 Å². The molecule has 0 bridgehead atoms. The average Bonchev–Trinajstić information content (AvgIpc) is 3.45. The molecule has 0 unspecified atom stereocenters. The zero-order chi connectivity index (χ0) is 25.9. The maximum atomic E-state index is 12.7. The third-order valence-electron chi connectivity index (χ3n) is 5.36. The number of nitrogens with one attached hydrogen (secondary N) is 1. The van der Waals surface area contributed by atoms with Gasteiger partial charge in [0.25, 0.3) is 5.91 Å². The number of amides is 1. The Morgan fingerprint density at radius 1 is 1.22 bits per heavy atom. The highest BCUT2D eigenvalue weighted by Crippen LogP contribution is 2.25. The fraction of sp³-hybridized carbons (Fsp3) is 0.200. The van der Waals surface area contributed by atoms with Crippen LogP contribution in [-0.2, 0) is 21.2 Å². The summed E-state index contributed by atoms with van der Waals surface area (Å²) in [5, 5.41) is 20.2. The van der Waals surface area contributed by atoms with Gasteiger partial charge in [-0.1, -0.05) is 41.7 Å². The number of benzene rings is 2. The lowest BCUT2D eigenvalue weighted by atomic mass is 10.1. The summed E-state index contributed by atoms with van der Waals surface area (Å²) < 4.78 is 31.0. The van der Waals surface area contributed by atoms with E-state index in [1.54, 1.807) is 0 Å². The third kappa shape index (κ3) is 5.62. The van der Waals surface area contributed by atoms with Gasteiger partial charge in [-0.15, -0.1) is 10.2 Å². The first-order chi connectivity index (χ1) is 17.2. The molecule has 11 heteroatoms. The lowest BCUT2D eigenvalue weighted by Gasteiger charge is -2.11. The molecule has 4 rings (SSSR count). The number of carbonyl (C=O) groups is 1. The van der Waals surface area contributed by atoms with Gasteiger partial charge in [-0.25, -0.2) is 8.42 Å². The van der Waals surface area contributed by atoms with Crippen molar-refractivity contribution in [2.75, 3.05) is 18.2 Å². The van der Waals surface area contributed by atoms with Gasteiger partial charge in [-0.05, 0) is 43.2 Å². The smallest absolute Gasteiger partial charge is 0.268 e. The fourth-order valence-electron chi connectivity index (χ4n) is 3.57. The van der Waals surface area contributed by atoms with E-state index in [2.05, 4.69) is 15.5 Å². The molecular formula is C25H23N5O4S2. The second-order valence-electron chi connectivity index (χ2n) is 8.18. The van der Waals surface area contributed by atoms with Crippen molar-refractivity contribution >= 4 is 49.2 Å². The minimum absolute atomic E-state index is 0.00686. The summed E-state index contributed by atoms with van der Waals surface area (Å²) in [5.74, 6) is 0.134. The number of ether oxygens (including phenoxy) is 1. The topological polar surface area (TPSA) is 127 Å². The number of hydrogen-bond donors (Lipinski definition) is 1. The third-order valence-corrected chi connectivity index (χ3v) is 7.87. The lowest BCUT2D eigenvalue weighted by Crippen LogP contribution is -2.13. The molecule has 0 saturated carbocycles. The van der Waals surface area contributed by atoms with Crippen molar-refractivity contribution in [3.63, 3.8) is 0 Å². The number of fused-ring (bicyclic) bond motifs is 1. The number of aromatic nitrogens is 3. The molecule has 1 N–H and O–H groups in total. The number of para-hydroxylation sites is 1. The maximum absolute atomic E-state index is 12.7. The maximum Gasteiger partial charge on any atom is 0.268 e. The summed E-state index contributed by atoms with van der Waals surface area (Å²) in [6.45, 7) is 5.02. The van der Waals surface area contributed by atoms with Crippen LogP contribution in [0.15, 0.2) is 58.6 Å². The highest BCUT2D eigenvalue weighted by Gasteiger charge is 2.18. The number of anilines is 1. The summed E-state index contributed by atoms with van der Waals surface area (Å²) in [7, 11) is -3.54. The Bertz CT molecular complexity index is 1630. The van der Waals surface area contributed by atoms with Crippen molar-refractivity contribution < 1.29 is 17.9 Å². The van der Waals surface area contributed by atoms with Crippen molar-refractivity contribution in [1.29, 1.82) is 5.26 Å². The number of carbonyl (C=O) groups excluding carboxylic acids is 1. The number of hydrogen-bond acceptors (Lipinski definition) is 8. The van der Waals surface area contributed by atoms with Crippen LogP contribution in [0.3, 0.4) is 0 Å². The first-order valence-corrected chi connectivity index (χ1v) is 13.6. The Morgan fingerprint density at radius 2 is 2.00 bits per heavy atom. The molecule has 0 radical (unpaired) electrons. The molecular weight excluding hydrogens is 498 g/mol. The highest BCUT2D eigenvalue weighted by molar-refractivity contribution is 7.92. The molecule has 184 valence electrons. The molecule has 0 aliphatic carbocycles. The lowest BCUT2D eigenvalue weighted by molar-refractivity contribution is -0.112. The molecule has 0 aliphatic rings. The van der Waals surface area contributed by atoms with E-state index in [9.17, 15) is 18.5 Å². The molecule has 0 saturated heterocycles. The number of rotatable bonds is 8. The van der Waals surface area contributed by atoms with Crippen LogP contribution in [0.1, 0.15) is 16.7 Å². The van der Waals surface area contributed by atoms with E-state index in [0.717, 1.165) is 45.4 Å². The molecule has 2 aromatic carbocycles. The predicted octanol–water partition coefficient (Wildman–Crippen LogP) is 4.14. The van der Waals surface area contributed by atoms with Crippen LogP contribution in [0.5, 0.6) is 5.75 Å². The van der Waals surface area contributed by atoms with E-state index in [4.69, 9.17) is 4.74 Å². The van der Waals surface area contributed by atoms with Crippen LogP contribution in [-0.4, -0.2) is 42.0 Å². The Hall–Kier alpha value is -4.01. The number of aryl methyl sites for hydroxylation is 2. The Morgan fingerprint density at radius 3 is 2.72 bits per heavy atom. The number of nitrogens with zero attached hydrogens (tertiary/aromatic N) is 4. The molecule has 0 aliphatic heterocycles. The van der Waals surface area contributed by atoms with Gasteiger partial charge in [-0.3, -0.25) is 10.1 Å². The Kier molecular flexibility index (Phi) is 7.19. The molecule has 0 fully saturated rings. The van der Waals surface area contributed by atoms with Crippen molar-refractivity contribution in [3.05, 3.63) is 70.9 Å². The summed E-state index contributed by atoms with van der Waals surface area (Å²) in [6.07, 6.45) is 4.37. The van der Waals surface area contributed by atoms with E-state index in [1.807, 2.05) is 73.1 Å². The van der Waals surface area contributed by atoms with Gasteiger partial charge in [0.1, 0.15) is 24.0 Å². The first kappa shape index (κ1) is 25.1. The van der Waals surface area contributed by atoms with E-state index >= 15 is 0 Å². The van der Waals surface area contributed by atoms with Crippen LogP contribution in [0.2, 0.25) is 0 Å². The Balaban J connectivity index is 1.55. The molecule has 0 atom stereocenters. The molecule has 2 aromatic heterocycles. The largest absolute Gasteiger partial charge is 0.491 e.